The molecule has 1 amide bonds. The van der Waals surface area contributed by atoms with E-state index in [2.05, 4.69) is 5.32 Å². The smallest absolute Gasteiger partial charge is 0.407 e. The largest absolute Gasteiger partial charge is 0.481 e. The van der Waals surface area contributed by atoms with Crippen LogP contribution >= 0.6 is 0 Å². The number of carbonyl (C=O) groups excluding carboxylic acids is 2. The van der Waals surface area contributed by atoms with Gasteiger partial charge in [-0.25, -0.2) is 4.79 Å². The maximum absolute atomic E-state index is 11.6. The van der Waals surface area contributed by atoms with Crippen LogP contribution in [0.25, 0.3) is 0 Å². The fourth-order valence-corrected chi connectivity index (χ4v) is 2.11. The first-order chi connectivity index (χ1) is 9.63. The molecule has 0 saturated carbocycles. The Kier molecular flexibility index (Phi) is 8.66. The molecular weight excluding hydrogens is 274 g/mol. The molecule has 0 aliphatic carbocycles. The van der Waals surface area contributed by atoms with E-state index in [0.29, 0.717) is 12.3 Å². The van der Waals surface area contributed by atoms with Gasteiger partial charge in [-0.15, -0.1) is 0 Å². The highest BCUT2D eigenvalue weighted by Crippen LogP contribution is 2.15. The monoisotopic (exact) mass is 301 g/mol. The van der Waals surface area contributed by atoms with Gasteiger partial charge in [0, 0.05) is 18.9 Å². The fraction of sp³-hybridized carbons (Fsp3) is 0.800. The SMILES string of the molecule is CC(C)C[C@H](CNC(=O)O[C@@H](C)C(=O)C(C)C)CC(=O)O. The number of carbonyl (C=O) groups is 3. The molecule has 0 radical (unpaired) electrons. The van der Waals surface area contributed by atoms with Crippen molar-refractivity contribution in [3.63, 3.8) is 0 Å². The van der Waals surface area contributed by atoms with Gasteiger partial charge in [0.05, 0.1) is 0 Å². The van der Waals surface area contributed by atoms with Crippen LogP contribution in [0.2, 0.25) is 0 Å². The molecular formula is C15H27NO5. The van der Waals surface area contributed by atoms with E-state index in [4.69, 9.17) is 9.84 Å². The van der Waals surface area contributed by atoms with Crippen LogP contribution in [0.1, 0.15) is 47.5 Å². The minimum absolute atomic E-state index is 0.00105. The highest BCUT2D eigenvalue weighted by molar-refractivity contribution is 5.86. The number of Topliss-reactive ketones (excluding diaryl/α,β-unsaturated/α-hetero) is 1. The number of carboxylic acids is 1. The Hall–Kier alpha value is -1.59. The van der Waals surface area contributed by atoms with E-state index in [-0.39, 0.29) is 30.6 Å². The van der Waals surface area contributed by atoms with Gasteiger partial charge in [0.15, 0.2) is 11.9 Å². The Morgan fingerprint density at radius 3 is 2.10 bits per heavy atom. The van der Waals surface area contributed by atoms with Crippen molar-refractivity contribution < 1.29 is 24.2 Å². The predicted octanol–water partition coefficient (Wildman–Crippen LogP) is 2.46. The molecule has 21 heavy (non-hydrogen) atoms. The van der Waals surface area contributed by atoms with Gasteiger partial charge in [0.2, 0.25) is 0 Å². The van der Waals surface area contributed by atoms with Crippen molar-refractivity contribution in [3.8, 4) is 0 Å². The third kappa shape index (κ3) is 9.05. The van der Waals surface area contributed by atoms with E-state index < -0.39 is 18.2 Å². The van der Waals surface area contributed by atoms with E-state index in [9.17, 15) is 14.4 Å². The first kappa shape index (κ1) is 19.4. The summed E-state index contributed by atoms with van der Waals surface area (Å²) in [6.45, 7) is 9.24. The molecule has 122 valence electrons. The maximum atomic E-state index is 11.6. The third-order valence-electron chi connectivity index (χ3n) is 3.06. The summed E-state index contributed by atoms with van der Waals surface area (Å²) < 4.78 is 4.99. The van der Waals surface area contributed by atoms with Crippen LogP contribution in [0, 0.1) is 17.8 Å². The number of hydrogen-bond acceptors (Lipinski definition) is 4. The van der Waals surface area contributed by atoms with E-state index in [1.54, 1.807) is 13.8 Å². The van der Waals surface area contributed by atoms with Gasteiger partial charge in [-0.3, -0.25) is 9.59 Å². The van der Waals surface area contributed by atoms with Crippen LogP contribution < -0.4 is 5.32 Å². The number of amides is 1. The van der Waals surface area contributed by atoms with E-state index in [0.717, 1.165) is 0 Å². The van der Waals surface area contributed by atoms with Gasteiger partial charge in [-0.05, 0) is 25.2 Å². The number of nitrogens with one attached hydrogen (secondary N) is 1. The van der Waals surface area contributed by atoms with Gasteiger partial charge in [-0.2, -0.15) is 0 Å². The quantitative estimate of drug-likeness (QED) is 0.682. The second-order valence-electron chi connectivity index (χ2n) is 6.08. The van der Waals surface area contributed by atoms with Gasteiger partial charge < -0.3 is 15.2 Å². The first-order valence-corrected chi connectivity index (χ1v) is 7.33. The molecule has 0 heterocycles. The van der Waals surface area contributed by atoms with E-state index >= 15 is 0 Å². The lowest BCUT2D eigenvalue weighted by Gasteiger charge is -2.19. The summed E-state index contributed by atoms with van der Waals surface area (Å²) in [5.41, 5.74) is 0. The highest BCUT2D eigenvalue weighted by Gasteiger charge is 2.21. The number of hydrogen-bond donors (Lipinski definition) is 2. The number of ketones is 1. The number of ether oxygens (including phenoxy) is 1. The van der Waals surface area contributed by atoms with Gasteiger partial charge >= 0.3 is 12.1 Å². The summed E-state index contributed by atoms with van der Waals surface area (Å²) in [7, 11) is 0. The Bertz CT molecular complexity index is 365. The molecule has 0 fully saturated rings. The number of carboxylic acid groups (broad SMARTS) is 1. The van der Waals surface area contributed by atoms with Crippen LogP contribution in [0.4, 0.5) is 4.79 Å². The summed E-state index contributed by atoms with van der Waals surface area (Å²) in [6.07, 6.45) is -0.782. The lowest BCUT2D eigenvalue weighted by atomic mass is 9.94. The molecule has 0 saturated heterocycles. The van der Waals surface area contributed by atoms with Crippen molar-refractivity contribution in [2.24, 2.45) is 17.8 Å². The lowest BCUT2D eigenvalue weighted by Crippen LogP contribution is -2.36. The van der Waals surface area contributed by atoms with Crippen LogP contribution in [-0.4, -0.2) is 35.6 Å². The highest BCUT2D eigenvalue weighted by atomic mass is 16.6. The Morgan fingerprint density at radius 2 is 1.67 bits per heavy atom. The van der Waals surface area contributed by atoms with Crippen molar-refractivity contribution in [2.45, 2.75) is 53.6 Å². The summed E-state index contributed by atoms with van der Waals surface area (Å²) in [5.74, 6) is -1.04. The molecule has 0 rings (SSSR count). The molecule has 0 aliphatic rings. The molecule has 2 N–H and O–H groups in total. The van der Waals surface area contributed by atoms with Crippen LogP contribution in [-0.2, 0) is 14.3 Å². The molecule has 0 aromatic heterocycles. The molecule has 0 aromatic rings. The Labute approximate surface area is 126 Å². The van der Waals surface area contributed by atoms with E-state index in [1.807, 2.05) is 13.8 Å². The minimum atomic E-state index is -0.890. The summed E-state index contributed by atoms with van der Waals surface area (Å²) in [6, 6.07) is 0. The summed E-state index contributed by atoms with van der Waals surface area (Å²) in [4.78, 5) is 34.0. The maximum Gasteiger partial charge on any atom is 0.407 e. The first-order valence-electron chi connectivity index (χ1n) is 7.33. The second-order valence-corrected chi connectivity index (χ2v) is 6.08. The molecule has 6 heteroatoms. The van der Waals surface area contributed by atoms with Crippen molar-refractivity contribution >= 4 is 17.8 Å². The molecule has 0 aliphatic heterocycles. The minimum Gasteiger partial charge on any atom is -0.481 e. The number of rotatable bonds is 9. The van der Waals surface area contributed by atoms with Crippen LogP contribution in [0.5, 0.6) is 0 Å². The normalized spacial score (nSPS) is 13.9. The molecule has 0 aromatic carbocycles. The van der Waals surface area contributed by atoms with Crippen molar-refractivity contribution in [1.82, 2.24) is 5.32 Å². The number of alkyl carbamates (subject to hydrolysis) is 1. The molecule has 6 nitrogen and oxygen atoms in total. The van der Waals surface area contributed by atoms with Gasteiger partial charge in [-0.1, -0.05) is 27.7 Å². The zero-order valence-electron chi connectivity index (χ0n) is 13.5. The average Bonchev–Trinajstić information content (AvgIpc) is 2.33. The zero-order valence-corrected chi connectivity index (χ0v) is 13.5. The second kappa shape index (κ2) is 9.37. The van der Waals surface area contributed by atoms with Crippen LogP contribution in [0.15, 0.2) is 0 Å². The lowest BCUT2D eigenvalue weighted by molar-refractivity contribution is -0.138. The molecule has 2 atom stereocenters. The average molecular weight is 301 g/mol. The summed E-state index contributed by atoms with van der Waals surface area (Å²) >= 11 is 0. The molecule has 0 bridgehead atoms. The van der Waals surface area contributed by atoms with Gasteiger partial charge in [0.1, 0.15) is 0 Å². The van der Waals surface area contributed by atoms with Crippen LogP contribution in [0.3, 0.4) is 0 Å². The Balaban J connectivity index is 4.29. The standard InChI is InChI=1S/C15H27NO5/c1-9(2)6-12(7-13(17)18)8-16-15(20)21-11(5)14(19)10(3)4/h9-12H,6-8H2,1-5H3,(H,16,20)(H,17,18)/t11-,12-/m0/s1. The predicted molar refractivity (Wildman–Crippen MR) is 79.0 cm³/mol. The van der Waals surface area contributed by atoms with Gasteiger partial charge in [0.25, 0.3) is 0 Å². The van der Waals surface area contributed by atoms with Crippen molar-refractivity contribution in [3.05, 3.63) is 0 Å². The number of aliphatic carboxylic acids is 1. The molecule has 0 unspecified atom stereocenters. The van der Waals surface area contributed by atoms with E-state index in [1.165, 1.54) is 6.92 Å². The van der Waals surface area contributed by atoms with Crippen molar-refractivity contribution in [1.29, 1.82) is 0 Å². The zero-order chi connectivity index (χ0) is 16.6. The fourth-order valence-electron chi connectivity index (χ4n) is 2.11. The third-order valence-corrected chi connectivity index (χ3v) is 3.06. The summed E-state index contributed by atoms with van der Waals surface area (Å²) in [5, 5.41) is 11.4. The molecule has 0 spiro atoms. The Morgan fingerprint density at radius 1 is 1.10 bits per heavy atom. The topological polar surface area (TPSA) is 92.7 Å². The van der Waals surface area contributed by atoms with Crippen molar-refractivity contribution in [2.75, 3.05) is 6.54 Å².